The van der Waals surface area contributed by atoms with Gasteiger partial charge in [-0.25, -0.2) is 4.99 Å². The van der Waals surface area contributed by atoms with Gasteiger partial charge in [-0.05, 0) is 0 Å². The van der Waals surface area contributed by atoms with E-state index in [4.69, 9.17) is 0 Å². The number of aliphatic imine (C=N–C) groups is 1. The summed E-state index contributed by atoms with van der Waals surface area (Å²) in [6, 6.07) is 0. The molecule has 0 bridgehead atoms. The Kier molecular flexibility index (Phi) is 0.898. The van der Waals surface area contributed by atoms with Gasteiger partial charge in [0.2, 0.25) is 6.34 Å². The van der Waals surface area contributed by atoms with Crippen LogP contribution >= 0.6 is 0 Å². The molecule has 1 amide bonds. The molecule has 1 aliphatic rings. The van der Waals surface area contributed by atoms with E-state index in [1.807, 2.05) is 0 Å². The van der Waals surface area contributed by atoms with Crippen molar-refractivity contribution in [2.75, 3.05) is 0 Å². The maximum atomic E-state index is 10.1. The zero-order valence-electron chi connectivity index (χ0n) is 3.46. The van der Waals surface area contributed by atoms with Crippen LogP contribution in [0.5, 0.6) is 0 Å². The van der Waals surface area contributed by atoms with Crippen LogP contribution in [0.3, 0.4) is 0 Å². The Morgan fingerprint density at radius 2 is 2.57 bits per heavy atom. The first-order chi connectivity index (χ1) is 3.39. The van der Waals surface area contributed by atoms with E-state index >= 15 is 0 Å². The van der Waals surface area contributed by atoms with Crippen molar-refractivity contribution in [1.82, 2.24) is 5.32 Å². The van der Waals surface area contributed by atoms with E-state index in [2.05, 4.69) is 16.6 Å². The van der Waals surface area contributed by atoms with Crippen molar-refractivity contribution in [3.63, 3.8) is 0 Å². The topological polar surface area (TPSA) is 43.5 Å². The van der Waals surface area contributed by atoms with Crippen LogP contribution in [0.4, 0.5) is 0 Å². The number of hydrogen-bond donors (Lipinski definition) is 0. The van der Waals surface area contributed by atoms with E-state index in [-0.39, 0.29) is 5.91 Å². The number of carbonyl (C=O) groups excluding carboxylic acids is 1. The van der Waals surface area contributed by atoms with Crippen molar-refractivity contribution in [3.8, 4) is 0 Å². The minimum atomic E-state index is -0.296. The highest BCUT2D eigenvalue weighted by Gasteiger charge is 1.95. The van der Waals surface area contributed by atoms with Gasteiger partial charge in [0.25, 0.3) is 5.91 Å². The summed E-state index contributed by atoms with van der Waals surface area (Å²) in [5, 5.41) is 3.19. The molecule has 1 rings (SSSR count). The van der Waals surface area contributed by atoms with Crippen molar-refractivity contribution < 1.29 is 4.79 Å². The third kappa shape index (κ3) is 0.855. The molecule has 0 unspecified atom stereocenters. The third-order valence-electron chi connectivity index (χ3n) is 0.510. The number of nitrogens with zero attached hydrogens (tertiary/aromatic N) is 2. The van der Waals surface area contributed by atoms with Crippen LogP contribution in [0.2, 0.25) is 0 Å². The molecule has 7 heavy (non-hydrogen) atoms. The molecular weight excluding hydrogens is 92.1 g/mol. The molecule has 0 fully saturated rings. The van der Waals surface area contributed by atoms with Gasteiger partial charge in [0, 0.05) is 12.3 Å². The van der Waals surface area contributed by atoms with Gasteiger partial charge in [-0.1, -0.05) is 0 Å². The molecule has 0 saturated carbocycles. The fourth-order valence-corrected chi connectivity index (χ4v) is 0.250. The van der Waals surface area contributed by atoms with E-state index in [1.165, 1.54) is 12.3 Å². The monoisotopic (exact) mass is 94.0 g/mol. The Balaban J connectivity index is 2.66. The number of rotatable bonds is 0. The maximum absolute atomic E-state index is 10.1. The molecule has 1 heterocycles. The summed E-state index contributed by atoms with van der Waals surface area (Å²) in [5.74, 6) is -0.296. The molecular formula is C4H2N2O. The Bertz CT molecular complexity index is 137. The summed E-state index contributed by atoms with van der Waals surface area (Å²) in [6.45, 7) is 0. The van der Waals surface area contributed by atoms with Gasteiger partial charge in [0.15, 0.2) is 0 Å². The first-order valence-electron chi connectivity index (χ1n) is 1.76. The number of amides is 1. The van der Waals surface area contributed by atoms with Gasteiger partial charge in [-0.15, -0.1) is 0 Å². The summed E-state index contributed by atoms with van der Waals surface area (Å²) < 4.78 is 0. The van der Waals surface area contributed by atoms with Crippen LogP contribution in [0, 0.1) is 0 Å². The Hall–Kier alpha value is -1.12. The van der Waals surface area contributed by atoms with Gasteiger partial charge in [-0.3, -0.25) is 4.79 Å². The van der Waals surface area contributed by atoms with E-state index in [0.717, 1.165) is 0 Å². The van der Waals surface area contributed by atoms with Gasteiger partial charge in [0.1, 0.15) is 0 Å². The molecule has 0 aromatic heterocycles. The third-order valence-corrected chi connectivity index (χ3v) is 0.510. The lowest BCUT2D eigenvalue weighted by atomic mass is 10.5. The lowest BCUT2D eigenvalue weighted by Gasteiger charge is -1.87. The van der Waals surface area contributed by atoms with Gasteiger partial charge in [0.05, 0.1) is 0 Å². The molecule has 2 radical (unpaired) electrons. The molecule has 1 aliphatic heterocycles. The van der Waals surface area contributed by atoms with Crippen LogP contribution < -0.4 is 5.32 Å². The molecule has 3 nitrogen and oxygen atoms in total. The minimum absolute atomic E-state index is 0.296. The first-order valence-corrected chi connectivity index (χ1v) is 1.76. The van der Waals surface area contributed by atoms with Crippen molar-refractivity contribution in [3.05, 3.63) is 12.3 Å². The van der Waals surface area contributed by atoms with E-state index in [0.29, 0.717) is 0 Å². The Labute approximate surface area is 40.7 Å². The molecule has 0 aromatic rings. The quantitative estimate of drug-likeness (QED) is 0.401. The molecule has 34 valence electrons. The average Bonchev–Trinajstić information content (AvgIpc) is 1.69. The molecule has 0 atom stereocenters. The van der Waals surface area contributed by atoms with E-state index in [9.17, 15) is 4.79 Å². The van der Waals surface area contributed by atoms with Gasteiger partial charge in [-0.2, -0.15) is 5.32 Å². The zero-order chi connectivity index (χ0) is 5.11. The normalized spacial score (nSPS) is 16.9. The summed E-state index contributed by atoms with van der Waals surface area (Å²) in [6.07, 6.45) is 4.78. The SMILES string of the molecule is O=C1C=CN=[C][N]1. The first kappa shape index (κ1) is 4.05. The Morgan fingerprint density at radius 1 is 1.71 bits per heavy atom. The fourth-order valence-electron chi connectivity index (χ4n) is 0.250. The maximum Gasteiger partial charge on any atom is 0.273 e. The number of carbonyl (C=O) groups is 1. The van der Waals surface area contributed by atoms with Crippen molar-refractivity contribution in [2.45, 2.75) is 0 Å². The molecule has 0 aromatic carbocycles. The van der Waals surface area contributed by atoms with Gasteiger partial charge >= 0.3 is 0 Å². The lowest BCUT2D eigenvalue weighted by molar-refractivity contribution is -0.115. The zero-order valence-corrected chi connectivity index (χ0v) is 3.46. The molecule has 0 saturated heterocycles. The summed E-state index contributed by atoms with van der Waals surface area (Å²) in [4.78, 5) is 13.5. The van der Waals surface area contributed by atoms with E-state index < -0.39 is 0 Å². The standard InChI is InChI=1S/C4H2N2O/c7-4-1-2-5-3-6-4/h1-2H. The largest absolute Gasteiger partial charge is 0.273 e. The predicted molar refractivity (Wildman–Crippen MR) is 23.7 cm³/mol. The smallest absolute Gasteiger partial charge is 0.267 e. The van der Waals surface area contributed by atoms with Crippen LogP contribution in [-0.4, -0.2) is 12.2 Å². The highest BCUT2D eigenvalue weighted by molar-refractivity contribution is 5.96. The van der Waals surface area contributed by atoms with Gasteiger partial charge < -0.3 is 0 Å². The predicted octanol–water partition coefficient (Wildman–Crippen LogP) is -0.450. The average molecular weight is 94.1 g/mol. The van der Waals surface area contributed by atoms with Crippen LogP contribution in [0.15, 0.2) is 17.3 Å². The highest BCUT2D eigenvalue weighted by atomic mass is 16.1. The van der Waals surface area contributed by atoms with E-state index in [1.54, 1.807) is 0 Å². The van der Waals surface area contributed by atoms with Crippen LogP contribution in [0.25, 0.3) is 0 Å². The minimum Gasteiger partial charge on any atom is -0.267 e. The van der Waals surface area contributed by atoms with Crippen molar-refractivity contribution in [1.29, 1.82) is 0 Å². The lowest BCUT2D eigenvalue weighted by Crippen LogP contribution is -2.12. The summed E-state index contributed by atoms with van der Waals surface area (Å²) in [5.41, 5.74) is 0. The second kappa shape index (κ2) is 1.55. The Morgan fingerprint density at radius 3 is 2.86 bits per heavy atom. The number of hydrogen-bond acceptors (Lipinski definition) is 2. The fraction of sp³-hybridized carbons (Fsp3) is 0. The van der Waals surface area contributed by atoms with Crippen molar-refractivity contribution in [2.24, 2.45) is 4.99 Å². The summed E-state index contributed by atoms with van der Waals surface area (Å²) >= 11 is 0. The molecule has 3 heteroatoms. The van der Waals surface area contributed by atoms with Crippen LogP contribution in [0.1, 0.15) is 0 Å². The second-order valence-corrected chi connectivity index (χ2v) is 0.995. The molecule has 0 aliphatic carbocycles. The van der Waals surface area contributed by atoms with Crippen LogP contribution in [-0.2, 0) is 4.79 Å². The molecule has 0 N–H and O–H groups in total. The van der Waals surface area contributed by atoms with Crippen molar-refractivity contribution >= 4 is 12.2 Å². The second-order valence-electron chi connectivity index (χ2n) is 0.995. The summed E-state index contributed by atoms with van der Waals surface area (Å²) in [7, 11) is 0. The molecule has 0 spiro atoms. The highest BCUT2D eigenvalue weighted by Crippen LogP contribution is 1.79.